The van der Waals surface area contributed by atoms with E-state index in [4.69, 9.17) is 11.6 Å². The highest BCUT2D eigenvalue weighted by Crippen LogP contribution is 2.32. The van der Waals surface area contributed by atoms with E-state index in [1.54, 1.807) is 35.6 Å². The second-order valence-electron chi connectivity index (χ2n) is 7.03. The molecule has 2 N–H and O–H groups in total. The highest BCUT2D eigenvalue weighted by Gasteiger charge is 2.26. The second-order valence-corrected chi connectivity index (χ2v) is 9.75. The molecule has 0 bridgehead atoms. The summed E-state index contributed by atoms with van der Waals surface area (Å²) >= 11 is 9.18. The highest BCUT2D eigenvalue weighted by atomic mass is 35.5. The van der Waals surface area contributed by atoms with Gasteiger partial charge < -0.3 is 10.6 Å². The first-order valence-electron chi connectivity index (χ1n) is 9.15. The standard InChI is InChI=1S/C21H22ClN3O2S2/c1-11(2)18(24-19(26)14-7-5-6-8-16(14)22)20(27)25-21-23-17(10-28-21)15-9-12(3)29-13(15)4/h5-11,18H,1-4H3,(H,24,26)(H,23,25,27)/t18-/m0/s1. The molecule has 1 atom stereocenters. The normalized spacial score (nSPS) is 12.1. The molecule has 0 saturated carbocycles. The summed E-state index contributed by atoms with van der Waals surface area (Å²) in [6, 6.07) is 8.15. The van der Waals surface area contributed by atoms with Gasteiger partial charge in [0.1, 0.15) is 6.04 Å². The number of carbonyl (C=O) groups is 2. The van der Waals surface area contributed by atoms with Gasteiger partial charge in [-0.05, 0) is 38.0 Å². The number of thiophene rings is 1. The minimum absolute atomic E-state index is 0.109. The Kier molecular flexibility index (Phi) is 6.72. The number of halogens is 1. The van der Waals surface area contributed by atoms with Crippen LogP contribution in [0.2, 0.25) is 5.02 Å². The van der Waals surface area contributed by atoms with E-state index in [-0.39, 0.29) is 17.7 Å². The van der Waals surface area contributed by atoms with Crippen LogP contribution >= 0.6 is 34.3 Å². The Morgan fingerprint density at radius 1 is 1.17 bits per heavy atom. The first kappa shape index (κ1) is 21.5. The fourth-order valence-electron chi connectivity index (χ4n) is 2.92. The summed E-state index contributed by atoms with van der Waals surface area (Å²) in [6.45, 7) is 7.87. The van der Waals surface area contributed by atoms with E-state index in [1.165, 1.54) is 21.1 Å². The van der Waals surface area contributed by atoms with E-state index in [9.17, 15) is 9.59 Å². The zero-order chi connectivity index (χ0) is 21.1. The lowest BCUT2D eigenvalue weighted by Crippen LogP contribution is -2.47. The van der Waals surface area contributed by atoms with Gasteiger partial charge in [-0.15, -0.1) is 22.7 Å². The van der Waals surface area contributed by atoms with Crippen molar-refractivity contribution in [3.63, 3.8) is 0 Å². The average molecular weight is 448 g/mol. The van der Waals surface area contributed by atoms with Gasteiger partial charge in [-0.25, -0.2) is 4.98 Å². The lowest BCUT2D eigenvalue weighted by Gasteiger charge is -2.21. The minimum Gasteiger partial charge on any atom is -0.340 e. The number of rotatable bonds is 6. The quantitative estimate of drug-likeness (QED) is 0.521. The van der Waals surface area contributed by atoms with Crippen LogP contribution in [0.15, 0.2) is 35.7 Å². The molecule has 0 aliphatic rings. The van der Waals surface area contributed by atoms with Gasteiger partial charge in [-0.3, -0.25) is 9.59 Å². The molecule has 0 spiro atoms. The van der Waals surface area contributed by atoms with Gasteiger partial charge in [0, 0.05) is 20.7 Å². The zero-order valence-corrected chi connectivity index (χ0v) is 19.0. The molecule has 0 aliphatic carbocycles. The Labute approximate surface area is 183 Å². The van der Waals surface area contributed by atoms with Gasteiger partial charge in [-0.2, -0.15) is 0 Å². The summed E-state index contributed by atoms with van der Waals surface area (Å²) in [5, 5.41) is 8.40. The van der Waals surface area contributed by atoms with E-state index in [0.717, 1.165) is 11.3 Å². The summed E-state index contributed by atoms with van der Waals surface area (Å²) in [7, 11) is 0. The molecule has 0 saturated heterocycles. The maximum absolute atomic E-state index is 12.8. The van der Waals surface area contributed by atoms with Crippen molar-refractivity contribution in [1.82, 2.24) is 10.3 Å². The van der Waals surface area contributed by atoms with Gasteiger partial charge in [-0.1, -0.05) is 37.6 Å². The van der Waals surface area contributed by atoms with Crippen LogP contribution in [0.25, 0.3) is 11.3 Å². The summed E-state index contributed by atoms with van der Waals surface area (Å²) in [6.07, 6.45) is 0. The number of amides is 2. The number of nitrogens with one attached hydrogen (secondary N) is 2. The van der Waals surface area contributed by atoms with Crippen LogP contribution in [0.5, 0.6) is 0 Å². The fraction of sp³-hybridized carbons (Fsp3) is 0.286. The predicted octanol–water partition coefficient (Wildman–Crippen LogP) is 5.53. The second kappa shape index (κ2) is 9.07. The first-order chi connectivity index (χ1) is 13.8. The van der Waals surface area contributed by atoms with Crippen LogP contribution < -0.4 is 10.6 Å². The monoisotopic (exact) mass is 447 g/mol. The third-order valence-corrected chi connectivity index (χ3v) is 6.46. The third-order valence-electron chi connectivity index (χ3n) is 4.41. The number of carbonyl (C=O) groups excluding carboxylic acids is 2. The maximum Gasteiger partial charge on any atom is 0.253 e. The average Bonchev–Trinajstić information content (AvgIpc) is 3.25. The van der Waals surface area contributed by atoms with Crippen molar-refractivity contribution in [2.24, 2.45) is 5.92 Å². The topological polar surface area (TPSA) is 71.1 Å². The number of hydrogen-bond acceptors (Lipinski definition) is 5. The molecule has 0 unspecified atom stereocenters. The predicted molar refractivity (Wildman–Crippen MR) is 121 cm³/mol. The number of nitrogens with zero attached hydrogens (tertiary/aromatic N) is 1. The Morgan fingerprint density at radius 3 is 2.52 bits per heavy atom. The summed E-state index contributed by atoms with van der Waals surface area (Å²) in [4.78, 5) is 32.4. The van der Waals surface area contributed by atoms with Crippen molar-refractivity contribution >= 4 is 51.2 Å². The molecule has 2 aromatic heterocycles. The first-order valence-corrected chi connectivity index (χ1v) is 11.2. The van der Waals surface area contributed by atoms with Gasteiger partial charge in [0.2, 0.25) is 5.91 Å². The third kappa shape index (κ3) is 5.04. The SMILES string of the molecule is Cc1cc(-c2csc(NC(=O)[C@@H](NC(=O)c3ccccc3Cl)C(C)C)n2)c(C)s1. The van der Waals surface area contributed by atoms with Crippen LogP contribution in [0, 0.1) is 19.8 Å². The van der Waals surface area contributed by atoms with Gasteiger partial charge >= 0.3 is 0 Å². The van der Waals surface area contributed by atoms with Crippen molar-refractivity contribution in [2.45, 2.75) is 33.7 Å². The molecule has 5 nitrogen and oxygen atoms in total. The Hall–Kier alpha value is -2.22. The molecule has 0 fully saturated rings. The molecular formula is C21H22ClN3O2S2. The molecule has 3 rings (SSSR count). The number of aryl methyl sites for hydroxylation is 2. The highest BCUT2D eigenvalue weighted by molar-refractivity contribution is 7.14. The maximum atomic E-state index is 12.8. The molecule has 29 heavy (non-hydrogen) atoms. The van der Waals surface area contributed by atoms with E-state index in [0.29, 0.717) is 15.7 Å². The van der Waals surface area contributed by atoms with E-state index in [2.05, 4.69) is 35.5 Å². The Morgan fingerprint density at radius 2 is 1.90 bits per heavy atom. The van der Waals surface area contributed by atoms with Crippen molar-refractivity contribution in [3.8, 4) is 11.3 Å². The van der Waals surface area contributed by atoms with Gasteiger partial charge in [0.25, 0.3) is 5.91 Å². The summed E-state index contributed by atoms with van der Waals surface area (Å²) in [5.74, 6) is -0.796. The largest absolute Gasteiger partial charge is 0.340 e. The number of hydrogen-bond donors (Lipinski definition) is 2. The lowest BCUT2D eigenvalue weighted by molar-refractivity contribution is -0.118. The minimum atomic E-state index is -0.712. The molecule has 8 heteroatoms. The lowest BCUT2D eigenvalue weighted by atomic mass is 10.0. The number of anilines is 1. The van der Waals surface area contributed by atoms with Crippen LogP contribution in [0.4, 0.5) is 5.13 Å². The molecule has 0 aliphatic heterocycles. The van der Waals surface area contributed by atoms with Crippen LogP contribution in [0.1, 0.15) is 34.0 Å². The van der Waals surface area contributed by atoms with Crippen molar-refractivity contribution in [2.75, 3.05) is 5.32 Å². The molecule has 1 aromatic carbocycles. The smallest absolute Gasteiger partial charge is 0.253 e. The van der Waals surface area contributed by atoms with Gasteiger partial charge in [0.05, 0.1) is 16.3 Å². The number of aromatic nitrogens is 1. The fourth-order valence-corrected chi connectivity index (χ4v) is 4.79. The number of benzene rings is 1. The summed E-state index contributed by atoms with van der Waals surface area (Å²) < 4.78 is 0. The van der Waals surface area contributed by atoms with Crippen molar-refractivity contribution in [1.29, 1.82) is 0 Å². The van der Waals surface area contributed by atoms with Crippen molar-refractivity contribution in [3.05, 3.63) is 56.1 Å². The van der Waals surface area contributed by atoms with Crippen LogP contribution in [-0.2, 0) is 4.79 Å². The number of thiazole rings is 1. The zero-order valence-electron chi connectivity index (χ0n) is 16.6. The molecule has 2 amide bonds. The summed E-state index contributed by atoms with van der Waals surface area (Å²) in [5.41, 5.74) is 2.26. The van der Waals surface area contributed by atoms with E-state index in [1.807, 2.05) is 19.2 Å². The molecular weight excluding hydrogens is 426 g/mol. The molecule has 0 radical (unpaired) electrons. The van der Waals surface area contributed by atoms with E-state index >= 15 is 0 Å². The van der Waals surface area contributed by atoms with Gasteiger partial charge in [0.15, 0.2) is 5.13 Å². The molecule has 2 heterocycles. The van der Waals surface area contributed by atoms with Crippen molar-refractivity contribution < 1.29 is 9.59 Å². The molecule has 3 aromatic rings. The van der Waals surface area contributed by atoms with Crippen LogP contribution in [-0.4, -0.2) is 22.8 Å². The van der Waals surface area contributed by atoms with Crippen LogP contribution in [0.3, 0.4) is 0 Å². The Balaban J connectivity index is 1.73. The Bertz CT molecular complexity index is 1040. The van der Waals surface area contributed by atoms with E-state index < -0.39 is 6.04 Å². The molecule has 152 valence electrons.